The lowest BCUT2D eigenvalue weighted by Crippen LogP contribution is -2.18. The normalized spacial score (nSPS) is 16.3. The molecule has 1 heterocycles. The fraction of sp³-hybridized carbons (Fsp3) is 0.667. The lowest BCUT2D eigenvalue weighted by Gasteiger charge is -2.19. The quantitative estimate of drug-likeness (QED) is 0.805. The predicted octanol–water partition coefficient (Wildman–Crippen LogP) is 3.31. The molecule has 0 atom stereocenters. The molecule has 1 saturated carbocycles. The van der Waals surface area contributed by atoms with Crippen LogP contribution in [-0.2, 0) is 5.41 Å². The second-order valence-electron chi connectivity index (χ2n) is 5.48. The van der Waals surface area contributed by atoms with E-state index in [1.807, 2.05) is 6.92 Å². The van der Waals surface area contributed by atoms with E-state index in [-0.39, 0.29) is 5.41 Å². The molecule has 0 aliphatic heterocycles. The van der Waals surface area contributed by atoms with Crippen LogP contribution in [-0.4, -0.2) is 16.0 Å². The summed E-state index contributed by atoms with van der Waals surface area (Å²) in [7, 11) is 0. The molecular formula is C12H18ClN3. The standard InChI is InChI=1S/C12H18ClN3/c1-7-9(13)15-11(12(2,3)4)16-10(7)14-8-5-6-8/h8H,5-6H2,1-4H3,(H,14,15,16). The maximum absolute atomic E-state index is 6.14. The lowest BCUT2D eigenvalue weighted by atomic mass is 9.95. The first-order valence-electron chi connectivity index (χ1n) is 5.69. The monoisotopic (exact) mass is 239 g/mol. The first-order valence-corrected chi connectivity index (χ1v) is 6.07. The fourth-order valence-corrected chi connectivity index (χ4v) is 1.56. The van der Waals surface area contributed by atoms with Gasteiger partial charge in [-0.05, 0) is 19.8 Å². The van der Waals surface area contributed by atoms with Gasteiger partial charge in [-0.3, -0.25) is 0 Å². The molecule has 1 aromatic heterocycles. The van der Waals surface area contributed by atoms with Gasteiger partial charge in [0.05, 0.1) is 0 Å². The highest BCUT2D eigenvalue weighted by Crippen LogP contribution is 2.30. The first-order chi connectivity index (χ1) is 7.38. The molecule has 1 aromatic rings. The highest BCUT2D eigenvalue weighted by molar-refractivity contribution is 6.30. The third kappa shape index (κ3) is 2.46. The highest BCUT2D eigenvalue weighted by atomic mass is 35.5. The zero-order chi connectivity index (χ0) is 11.9. The van der Waals surface area contributed by atoms with E-state index in [1.54, 1.807) is 0 Å². The van der Waals surface area contributed by atoms with E-state index >= 15 is 0 Å². The molecule has 4 heteroatoms. The summed E-state index contributed by atoms with van der Waals surface area (Å²) in [5.41, 5.74) is 0.874. The minimum absolute atomic E-state index is 0.0721. The Morgan fingerprint density at radius 3 is 2.38 bits per heavy atom. The van der Waals surface area contributed by atoms with Crippen molar-refractivity contribution in [1.82, 2.24) is 9.97 Å². The topological polar surface area (TPSA) is 37.8 Å². The van der Waals surface area contributed by atoms with Crippen molar-refractivity contribution in [2.75, 3.05) is 5.32 Å². The summed E-state index contributed by atoms with van der Waals surface area (Å²) in [6, 6.07) is 0.581. The Morgan fingerprint density at radius 2 is 1.88 bits per heavy atom. The maximum atomic E-state index is 6.14. The van der Waals surface area contributed by atoms with Crippen LogP contribution >= 0.6 is 11.6 Å². The number of aromatic nitrogens is 2. The van der Waals surface area contributed by atoms with E-state index in [1.165, 1.54) is 12.8 Å². The SMILES string of the molecule is Cc1c(Cl)nc(C(C)(C)C)nc1NC1CC1. The molecule has 16 heavy (non-hydrogen) atoms. The minimum atomic E-state index is -0.0721. The average Bonchev–Trinajstić information content (AvgIpc) is 2.94. The number of rotatable bonds is 2. The minimum Gasteiger partial charge on any atom is -0.367 e. The molecule has 0 radical (unpaired) electrons. The van der Waals surface area contributed by atoms with Crippen LogP contribution in [0.4, 0.5) is 5.82 Å². The van der Waals surface area contributed by atoms with E-state index in [9.17, 15) is 0 Å². The van der Waals surface area contributed by atoms with Gasteiger partial charge in [0.2, 0.25) is 0 Å². The van der Waals surface area contributed by atoms with E-state index in [2.05, 4.69) is 36.1 Å². The molecule has 2 rings (SSSR count). The maximum Gasteiger partial charge on any atom is 0.137 e. The van der Waals surface area contributed by atoms with Crippen molar-refractivity contribution in [3.63, 3.8) is 0 Å². The molecule has 0 unspecified atom stereocenters. The van der Waals surface area contributed by atoms with E-state index in [0.29, 0.717) is 11.2 Å². The Bertz CT molecular complexity index is 405. The van der Waals surface area contributed by atoms with Crippen molar-refractivity contribution in [2.24, 2.45) is 0 Å². The van der Waals surface area contributed by atoms with Gasteiger partial charge in [0.15, 0.2) is 0 Å². The molecule has 0 spiro atoms. The number of anilines is 1. The molecule has 0 aromatic carbocycles. The first kappa shape index (κ1) is 11.6. The number of nitrogens with zero attached hydrogens (tertiary/aromatic N) is 2. The molecule has 0 amide bonds. The van der Waals surface area contributed by atoms with Crippen molar-refractivity contribution in [3.8, 4) is 0 Å². The molecule has 0 bridgehead atoms. The number of hydrogen-bond donors (Lipinski definition) is 1. The average molecular weight is 240 g/mol. The second-order valence-corrected chi connectivity index (χ2v) is 5.84. The number of nitrogens with one attached hydrogen (secondary N) is 1. The van der Waals surface area contributed by atoms with Crippen molar-refractivity contribution in [2.45, 2.75) is 52.0 Å². The lowest BCUT2D eigenvalue weighted by molar-refractivity contribution is 0.545. The summed E-state index contributed by atoms with van der Waals surface area (Å²) < 4.78 is 0. The third-order valence-electron chi connectivity index (χ3n) is 2.68. The summed E-state index contributed by atoms with van der Waals surface area (Å²) in [5, 5.41) is 3.96. The molecule has 1 aliphatic rings. The molecule has 0 saturated heterocycles. The Kier molecular flexibility index (Phi) is 2.82. The van der Waals surface area contributed by atoms with Crippen molar-refractivity contribution >= 4 is 17.4 Å². The van der Waals surface area contributed by atoms with Gasteiger partial charge in [0, 0.05) is 17.0 Å². The van der Waals surface area contributed by atoms with Crippen LogP contribution in [0.5, 0.6) is 0 Å². The predicted molar refractivity (Wildman–Crippen MR) is 67.1 cm³/mol. The zero-order valence-corrected chi connectivity index (χ0v) is 11.0. The van der Waals surface area contributed by atoms with E-state index in [0.717, 1.165) is 17.2 Å². The van der Waals surface area contributed by atoms with Gasteiger partial charge < -0.3 is 5.32 Å². The zero-order valence-electron chi connectivity index (χ0n) is 10.3. The van der Waals surface area contributed by atoms with Gasteiger partial charge in [-0.25, -0.2) is 9.97 Å². The molecule has 3 nitrogen and oxygen atoms in total. The van der Waals surface area contributed by atoms with Gasteiger partial charge in [0.25, 0.3) is 0 Å². The van der Waals surface area contributed by atoms with Crippen LogP contribution < -0.4 is 5.32 Å². The largest absolute Gasteiger partial charge is 0.367 e. The smallest absolute Gasteiger partial charge is 0.137 e. The third-order valence-corrected chi connectivity index (χ3v) is 3.04. The van der Waals surface area contributed by atoms with Crippen LogP contribution in [0.2, 0.25) is 5.15 Å². The molecule has 1 N–H and O–H groups in total. The Hall–Kier alpha value is -0.830. The molecule has 1 aliphatic carbocycles. The summed E-state index contributed by atoms with van der Waals surface area (Å²) in [5.74, 6) is 1.69. The van der Waals surface area contributed by atoms with Gasteiger partial charge in [-0.15, -0.1) is 0 Å². The Morgan fingerprint density at radius 1 is 1.25 bits per heavy atom. The Labute approximate surface area is 102 Å². The van der Waals surface area contributed by atoms with Crippen molar-refractivity contribution in [1.29, 1.82) is 0 Å². The van der Waals surface area contributed by atoms with E-state index in [4.69, 9.17) is 11.6 Å². The molecule has 1 fully saturated rings. The van der Waals surface area contributed by atoms with Crippen LogP contribution in [0.1, 0.15) is 45.0 Å². The number of hydrogen-bond acceptors (Lipinski definition) is 3. The molecular weight excluding hydrogens is 222 g/mol. The van der Waals surface area contributed by atoms with Gasteiger partial charge >= 0.3 is 0 Å². The summed E-state index contributed by atoms with van der Waals surface area (Å²) in [6.07, 6.45) is 2.46. The van der Waals surface area contributed by atoms with Crippen molar-refractivity contribution < 1.29 is 0 Å². The summed E-state index contributed by atoms with van der Waals surface area (Å²) >= 11 is 6.14. The summed E-state index contributed by atoms with van der Waals surface area (Å²) in [4.78, 5) is 8.92. The van der Waals surface area contributed by atoms with Crippen molar-refractivity contribution in [3.05, 3.63) is 16.5 Å². The highest BCUT2D eigenvalue weighted by Gasteiger charge is 2.25. The second kappa shape index (κ2) is 3.88. The Balaban J connectivity index is 2.38. The number of halogens is 1. The van der Waals surface area contributed by atoms with Crippen LogP contribution in [0.25, 0.3) is 0 Å². The van der Waals surface area contributed by atoms with Gasteiger partial charge in [-0.1, -0.05) is 32.4 Å². The van der Waals surface area contributed by atoms with Crippen LogP contribution in [0, 0.1) is 6.92 Å². The van der Waals surface area contributed by atoms with Crippen LogP contribution in [0.15, 0.2) is 0 Å². The van der Waals surface area contributed by atoms with Gasteiger partial charge in [-0.2, -0.15) is 0 Å². The summed E-state index contributed by atoms with van der Waals surface area (Å²) in [6.45, 7) is 8.23. The van der Waals surface area contributed by atoms with E-state index < -0.39 is 0 Å². The fourth-order valence-electron chi connectivity index (χ4n) is 1.39. The van der Waals surface area contributed by atoms with Crippen LogP contribution in [0.3, 0.4) is 0 Å². The van der Waals surface area contributed by atoms with Gasteiger partial charge in [0.1, 0.15) is 16.8 Å². The molecule has 88 valence electrons.